The van der Waals surface area contributed by atoms with Crippen LogP contribution in [0.3, 0.4) is 0 Å². The van der Waals surface area contributed by atoms with Crippen molar-refractivity contribution in [3.8, 4) is 5.75 Å². The van der Waals surface area contributed by atoms with E-state index in [0.717, 1.165) is 43.3 Å². The van der Waals surface area contributed by atoms with Gasteiger partial charge in [-0.1, -0.05) is 18.6 Å². The second kappa shape index (κ2) is 9.93. The third kappa shape index (κ3) is 5.18. The fraction of sp³-hybridized carbons (Fsp3) is 0.625. The average Bonchev–Trinajstić information content (AvgIpc) is 3.30. The van der Waals surface area contributed by atoms with E-state index in [0.29, 0.717) is 12.5 Å². The van der Waals surface area contributed by atoms with Crippen LogP contribution in [0.1, 0.15) is 60.3 Å². The number of ether oxygens (including phenoxy) is 1. The molecule has 0 spiro atoms. The summed E-state index contributed by atoms with van der Waals surface area (Å²) in [6.45, 7) is 7.93. The normalized spacial score (nSPS) is 22.2. The number of rotatable bonds is 8. The number of piperidine rings is 1. The zero-order valence-corrected chi connectivity index (χ0v) is 20.3. The Labute approximate surface area is 192 Å². The minimum atomic E-state index is -2.93. The maximum absolute atomic E-state index is 11.9. The van der Waals surface area contributed by atoms with Crippen molar-refractivity contribution in [1.82, 2.24) is 20.0 Å². The van der Waals surface area contributed by atoms with Crippen molar-refractivity contribution in [3.05, 3.63) is 46.8 Å². The average molecular weight is 461 g/mol. The van der Waals surface area contributed by atoms with E-state index in [9.17, 15) is 8.42 Å². The largest absolute Gasteiger partial charge is 0.497 e. The van der Waals surface area contributed by atoms with Gasteiger partial charge in [0.25, 0.3) is 0 Å². The highest BCUT2D eigenvalue weighted by atomic mass is 32.2. The van der Waals surface area contributed by atoms with E-state index in [-0.39, 0.29) is 17.5 Å². The van der Waals surface area contributed by atoms with Crippen molar-refractivity contribution in [2.75, 3.05) is 38.2 Å². The summed E-state index contributed by atoms with van der Waals surface area (Å²) in [6.07, 6.45) is 4.48. The fourth-order valence-electron chi connectivity index (χ4n) is 5.12. The van der Waals surface area contributed by atoms with Gasteiger partial charge in [0.05, 0.1) is 30.4 Å². The molecule has 0 aliphatic carbocycles. The number of hydrogen-bond acceptors (Lipinski definition) is 6. The van der Waals surface area contributed by atoms with Crippen LogP contribution in [0, 0.1) is 13.8 Å². The molecule has 2 aliphatic rings. The molecule has 2 saturated heterocycles. The molecule has 0 saturated carbocycles. The highest BCUT2D eigenvalue weighted by Gasteiger charge is 2.31. The van der Waals surface area contributed by atoms with E-state index in [1.165, 1.54) is 30.4 Å². The lowest BCUT2D eigenvalue weighted by Gasteiger charge is -2.35. The summed E-state index contributed by atoms with van der Waals surface area (Å²) in [5.74, 6) is 1.35. The van der Waals surface area contributed by atoms with Gasteiger partial charge < -0.3 is 10.1 Å². The van der Waals surface area contributed by atoms with Gasteiger partial charge >= 0.3 is 0 Å². The minimum Gasteiger partial charge on any atom is -0.497 e. The Morgan fingerprint density at radius 2 is 1.88 bits per heavy atom. The van der Waals surface area contributed by atoms with Crippen LogP contribution in [0.15, 0.2) is 24.3 Å². The number of sulfone groups is 1. The van der Waals surface area contributed by atoms with Crippen molar-refractivity contribution in [3.63, 3.8) is 0 Å². The third-order valence-electron chi connectivity index (χ3n) is 7.00. The van der Waals surface area contributed by atoms with Gasteiger partial charge in [0.2, 0.25) is 0 Å². The van der Waals surface area contributed by atoms with Crippen LogP contribution in [0.5, 0.6) is 5.75 Å². The first-order valence-electron chi connectivity index (χ1n) is 11.7. The molecule has 32 heavy (non-hydrogen) atoms. The molecule has 0 unspecified atom stereocenters. The molecular formula is C24H36N4O3S. The van der Waals surface area contributed by atoms with Gasteiger partial charge in [0.1, 0.15) is 5.75 Å². The minimum absolute atomic E-state index is 0.0344. The molecule has 8 heteroatoms. The SMILES string of the molecule is COc1ccc([C@@H](CNCc2c(C)nn([C@H]3CCS(=O)(=O)C3)c2C)N2CCCCC2)cc1. The van der Waals surface area contributed by atoms with Gasteiger partial charge in [-0.3, -0.25) is 9.58 Å². The molecule has 2 fully saturated rings. The number of nitrogens with one attached hydrogen (secondary N) is 1. The van der Waals surface area contributed by atoms with Crippen LogP contribution in [-0.2, 0) is 16.4 Å². The summed E-state index contributed by atoms with van der Waals surface area (Å²) in [5.41, 5.74) is 4.55. The third-order valence-corrected chi connectivity index (χ3v) is 8.75. The fourth-order valence-corrected chi connectivity index (χ4v) is 6.82. The van der Waals surface area contributed by atoms with Gasteiger partial charge in [-0.25, -0.2) is 8.42 Å². The van der Waals surface area contributed by atoms with E-state index in [1.54, 1.807) is 7.11 Å². The van der Waals surface area contributed by atoms with Crippen LogP contribution in [-0.4, -0.2) is 61.3 Å². The predicted molar refractivity (Wildman–Crippen MR) is 127 cm³/mol. The van der Waals surface area contributed by atoms with Gasteiger partial charge in [0.15, 0.2) is 9.84 Å². The molecule has 0 radical (unpaired) electrons. The Kier molecular flexibility index (Phi) is 7.22. The Morgan fingerprint density at radius 1 is 1.16 bits per heavy atom. The molecule has 2 aromatic rings. The maximum Gasteiger partial charge on any atom is 0.152 e. The first kappa shape index (κ1) is 23.3. The summed E-state index contributed by atoms with van der Waals surface area (Å²) < 4.78 is 31.1. The smallest absolute Gasteiger partial charge is 0.152 e. The summed E-state index contributed by atoms with van der Waals surface area (Å²) in [6, 6.07) is 8.72. The lowest BCUT2D eigenvalue weighted by atomic mass is 10.0. The maximum atomic E-state index is 11.9. The molecule has 176 valence electrons. The number of aryl methyl sites for hydroxylation is 1. The topological polar surface area (TPSA) is 76.5 Å². The molecule has 3 heterocycles. The van der Waals surface area contributed by atoms with Crippen molar-refractivity contribution in [1.29, 1.82) is 0 Å². The van der Waals surface area contributed by atoms with Gasteiger partial charge in [-0.15, -0.1) is 0 Å². The van der Waals surface area contributed by atoms with E-state index in [4.69, 9.17) is 9.84 Å². The molecule has 7 nitrogen and oxygen atoms in total. The standard InChI is InChI=1S/C24H36N4O3S/c1-18-23(19(2)28(26-18)21-11-14-32(29,30)17-21)15-25-16-24(27-12-5-4-6-13-27)20-7-9-22(31-3)10-8-20/h7-10,21,24-25H,4-6,11-17H2,1-3H3/t21-,24+/m0/s1. The van der Waals surface area contributed by atoms with Crippen molar-refractivity contribution >= 4 is 9.84 Å². The second-order valence-electron chi connectivity index (χ2n) is 9.17. The van der Waals surface area contributed by atoms with E-state index >= 15 is 0 Å². The van der Waals surface area contributed by atoms with Crippen LogP contribution in [0.2, 0.25) is 0 Å². The Morgan fingerprint density at radius 3 is 2.50 bits per heavy atom. The van der Waals surface area contributed by atoms with Crippen LogP contribution in [0.4, 0.5) is 0 Å². The number of aromatic nitrogens is 2. The van der Waals surface area contributed by atoms with Gasteiger partial charge in [-0.2, -0.15) is 5.10 Å². The summed E-state index contributed by atoms with van der Waals surface area (Å²) in [4.78, 5) is 2.59. The van der Waals surface area contributed by atoms with E-state index in [2.05, 4.69) is 29.3 Å². The molecule has 1 N–H and O–H groups in total. The molecule has 1 aromatic carbocycles. The molecule has 1 aromatic heterocycles. The van der Waals surface area contributed by atoms with Gasteiger partial charge in [0, 0.05) is 30.4 Å². The van der Waals surface area contributed by atoms with Crippen LogP contribution >= 0.6 is 0 Å². The highest BCUT2D eigenvalue weighted by Crippen LogP contribution is 2.28. The first-order valence-corrected chi connectivity index (χ1v) is 13.5. The Bertz CT molecular complexity index is 1010. The highest BCUT2D eigenvalue weighted by molar-refractivity contribution is 7.91. The van der Waals surface area contributed by atoms with Crippen molar-refractivity contribution in [2.24, 2.45) is 0 Å². The van der Waals surface area contributed by atoms with Gasteiger partial charge in [-0.05, 0) is 63.9 Å². The molecule has 2 atom stereocenters. The number of hydrogen-bond donors (Lipinski definition) is 1. The number of benzene rings is 1. The lowest BCUT2D eigenvalue weighted by molar-refractivity contribution is 0.160. The summed E-state index contributed by atoms with van der Waals surface area (Å²) in [5, 5.41) is 8.39. The Balaban J connectivity index is 1.45. The van der Waals surface area contributed by atoms with Crippen LogP contribution in [0.25, 0.3) is 0 Å². The lowest BCUT2D eigenvalue weighted by Crippen LogP contribution is -2.39. The summed E-state index contributed by atoms with van der Waals surface area (Å²) >= 11 is 0. The zero-order valence-electron chi connectivity index (χ0n) is 19.5. The second-order valence-corrected chi connectivity index (χ2v) is 11.4. The predicted octanol–water partition coefficient (Wildman–Crippen LogP) is 3.18. The first-order chi connectivity index (χ1) is 15.4. The zero-order chi connectivity index (χ0) is 22.7. The summed E-state index contributed by atoms with van der Waals surface area (Å²) in [7, 11) is -1.23. The quantitative estimate of drug-likeness (QED) is 0.652. The molecule has 0 amide bonds. The van der Waals surface area contributed by atoms with Crippen molar-refractivity contribution < 1.29 is 13.2 Å². The molecular weight excluding hydrogens is 424 g/mol. The Hall–Kier alpha value is -1.90. The van der Waals surface area contributed by atoms with Crippen molar-refractivity contribution in [2.45, 2.75) is 58.2 Å². The number of nitrogens with zero attached hydrogens (tertiary/aromatic N) is 3. The monoisotopic (exact) mass is 460 g/mol. The van der Waals surface area contributed by atoms with E-state index in [1.807, 2.05) is 23.7 Å². The number of methoxy groups -OCH3 is 1. The number of likely N-dealkylation sites (tertiary alicyclic amines) is 1. The van der Waals surface area contributed by atoms with Crippen LogP contribution < -0.4 is 10.1 Å². The molecule has 2 aliphatic heterocycles. The van der Waals surface area contributed by atoms with E-state index < -0.39 is 9.84 Å². The molecule has 4 rings (SSSR count). The molecule has 0 bridgehead atoms.